The Balaban J connectivity index is 1.93. The molecule has 0 spiro atoms. The van der Waals surface area contributed by atoms with Crippen LogP contribution in [0, 0.1) is 5.92 Å². The van der Waals surface area contributed by atoms with Gasteiger partial charge in [0.15, 0.2) is 0 Å². The quantitative estimate of drug-likeness (QED) is 0.598. The van der Waals surface area contributed by atoms with Gasteiger partial charge in [-0.25, -0.2) is 0 Å². The number of amides is 1. The van der Waals surface area contributed by atoms with Crippen LogP contribution >= 0.6 is 0 Å². The molecule has 3 N–H and O–H groups in total. The number of carbonyl (C=O) groups excluding carboxylic acids is 1. The summed E-state index contributed by atoms with van der Waals surface area (Å²) in [6, 6.07) is -0.711. The predicted octanol–water partition coefficient (Wildman–Crippen LogP) is -0.715. The van der Waals surface area contributed by atoms with Crippen molar-refractivity contribution in [2.75, 3.05) is 13.1 Å². The smallest absolute Gasteiger partial charge is 0.307 e. The normalized spacial score (nSPS) is 25.3. The van der Waals surface area contributed by atoms with Crippen LogP contribution < -0.4 is 10.0 Å². The van der Waals surface area contributed by atoms with Gasteiger partial charge in [-0.15, -0.1) is 0 Å². The fourth-order valence-electron chi connectivity index (χ4n) is 2.27. The molecule has 2 rings (SSSR count). The predicted molar refractivity (Wildman–Crippen MR) is 74.6 cm³/mol. The van der Waals surface area contributed by atoms with Crippen LogP contribution in [0.3, 0.4) is 0 Å². The van der Waals surface area contributed by atoms with E-state index in [9.17, 15) is 18.0 Å². The van der Waals surface area contributed by atoms with Gasteiger partial charge >= 0.3 is 5.97 Å². The molecule has 0 aromatic rings. The second-order valence-corrected chi connectivity index (χ2v) is 7.37. The molecule has 1 aliphatic heterocycles. The summed E-state index contributed by atoms with van der Waals surface area (Å²) in [5.41, 5.74) is 0. The highest BCUT2D eigenvalue weighted by Crippen LogP contribution is 2.20. The summed E-state index contributed by atoms with van der Waals surface area (Å²) >= 11 is 0. The maximum atomic E-state index is 12.2. The zero-order chi connectivity index (χ0) is 15.6. The molecule has 120 valence electrons. The van der Waals surface area contributed by atoms with Crippen LogP contribution in [0.25, 0.3) is 0 Å². The number of nitrogens with zero attached hydrogens (tertiary/aromatic N) is 1. The number of hydrogen-bond acceptors (Lipinski definition) is 4. The molecule has 2 unspecified atom stereocenters. The third kappa shape index (κ3) is 4.39. The molecular formula is C12H21N3O5S. The number of hydrogen-bond donors (Lipinski definition) is 3. The Bertz CT molecular complexity index is 517. The largest absolute Gasteiger partial charge is 0.481 e. The molecule has 8 nitrogen and oxygen atoms in total. The van der Waals surface area contributed by atoms with Gasteiger partial charge in [0.1, 0.15) is 0 Å². The van der Waals surface area contributed by atoms with Gasteiger partial charge in [-0.1, -0.05) is 0 Å². The van der Waals surface area contributed by atoms with Crippen LogP contribution in [-0.2, 0) is 19.8 Å². The first kappa shape index (κ1) is 16.2. The van der Waals surface area contributed by atoms with E-state index in [0.29, 0.717) is 12.8 Å². The Labute approximate surface area is 124 Å². The second-order valence-electron chi connectivity index (χ2n) is 5.66. The van der Waals surface area contributed by atoms with Gasteiger partial charge in [-0.05, 0) is 32.6 Å². The van der Waals surface area contributed by atoms with Gasteiger partial charge in [0.05, 0.1) is 12.0 Å². The summed E-state index contributed by atoms with van der Waals surface area (Å²) in [5.74, 6) is -2.03. The van der Waals surface area contributed by atoms with E-state index in [4.69, 9.17) is 5.11 Å². The van der Waals surface area contributed by atoms with Crippen LogP contribution in [0.1, 0.15) is 32.6 Å². The zero-order valence-corrected chi connectivity index (χ0v) is 12.7. The number of carbonyl (C=O) groups is 2. The summed E-state index contributed by atoms with van der Waals surface area (Å²) in [5, 5.41) is 11.7. The number of carboxylic acids is 1. The Morgan fingerprint density at radius 3 is 2.52 bits per heavy atom. The molecule has 1 amide bonds. The monoisotopic (exact) mass is 319 g/mol. The first-order chi connectivity index (χ1) is 9.79. The summed E-state index contributed by atoms with van der Waals surface area (Å²) in [6.07, 6.45) is 2.83. The van der Waals surface area contributed by atoms with E-state index in [1.54, 1.807) is 0 Å². The number of carboxylic acid groups (broad SMARTS) is 1. The average molecular weight is 319 g/mol. The van der Waals surface area contributed by atoms with Crippen molar-refractivity contribution < 1.29 is 23.1 Å². The van der Waals surface area contributed by atoms with Crippen molar-refractivity contribution in [1.29, 1.82) is 0 Å². The van der Waals surface area contributed by atoms with Crippen molar-refractivity contribution in [3.8, 4) is 0 Å². The Hall–Kier alpha value is -1.19. The molecule has 9 heteroatoms. The molecule has 1 saturated carbocycles. The van der Waals surface area contributed by atoms with Gasteiger partial charge in [-0.3, -0.25) is 9.59 Å². The highest BCUT2D eigenvalue weighted by Gasteiger charge is 2.34. The molecule has 2 aliphatic rings. The molecular weight excluding hydrogens is 298 g/mol. The molecule has 2 fully saturated rings. The molecule has 1 saturated heterocycles. The second kappa shape index (κ2) is 6.29. The zero-order valence-electron chi connectivity index (χ0n) is 11.9. The summed E-state index contributed by atoms with van der Waals surface area (Å²) < 4.78 is 27.8. The lowest BCUT2D eigenvalue weighted by atomic mass is 10.0. The van der Waals surface area contributed by atoms with Crippen molar-refractivity contribution in [2.45, 2.75) is 44.7 Å². The fourth-order valence-corrected chi connectivity index (χ4v) is 3.72. The topological polar surface area (TPSA) is 116 Å². The van der Waals surface area contributed by atoms with Crippen molar-refractivity contribution in [3.05, 3.63) is 0 Å². The molecule has 1 aliphatic carbocycles. The van der Waals surface area contributed by atoms with Crippen LogP contribution in [0.2, 0.25) is 0 Å². The van der Waals surface area contributed by atoms with Gasteiger partial charge in [0.25, 0.3) is 10.2 Å². The Morgan fingerprint density at radius 2 is 1.95 bits per heavy atom. The van der Waals surface area contributed by atoms with Crippen molar-refractivity contribution >= 4 is 22.1 Å². The average Bonchev–Trinajstić information content (AvgIpc) is 3.22. The minimum Gasteiger partial charge on any atom is -0.481 e. The van der Waals surface area contributed by atoms with E-state index in [1.807, 2.05) is 0 Å². The third-order valence-corrected chi connectivity index (χ3v) is 5.38. The van der Waals surface area contributed by atoms with Crippen LogP contribution in [0.5, 0.6) is 0 Å². The van der Waals surface area contributed by atoms with Gasteiger partial charge in [-0.2, -0.15) is 17.4 Å². The minimum absolute atomic E-state index is 0.0539. The number of rotatable bonds is 6. The highest BCUT2D eigenvalue weighted by molar-refractivity contribution is 7.87. The molecule has 0 radical (unpaired) electrons. The van der Waals surface area contributed by atoms with E-state index in [2.05, 4.69) is 10.0 Å². The maximum Gasteiger partial charge on any atom is 0.307 e. The fraction of sp³-hybridized carbons (Fsp3) is 0.833. The summed E-state index contributed by atoms with van der Waals surface area (Å²) in [7, 11) is -3.85. The summed E-state index contributed by atoms with van der Waals surface area (Å²) in [6.45, 7) is 1.70. The molecule has 0 aromatic heterocycles. The molecule has 2 atom stereocenters. The van der Waals surface area contributed by atoms with Gasteiger partial charge in [0.2, 0.25) is 5.91 Å². The van der Waals surface area contributed by atoms with Crippen LogP contribution in [0.15, 0.2) is 0 Å². The molecule has 0 aromatic carbocycles. The first-order valence-corrected chi connectivity index (χ1v) is 8.54. The lowest BCUT2D eigenvalue weighted by Crippen LogP contribution is -2.53. The van der Waals surface area contributed by atoms with Gasteiger partial charge in [0, 0.05) is 19.1 Å². The number of aliphatic carboxylic acids is 1. The third-order valence-electron chi connectivity index (χ3n) is 3.72. The Kier molecular flexibility index (Phi) is 4.84. The molecule has 21 heavy (non-hydrogen) atoms. The highest BCUT2D eigenvalue weighted by atomic mass is 32.2. The van der Waals surface area contributed by atoms with Crippen LogP contribution in [0.4, 0.5) is 0 Å². The van der Waals surface area contributed by atoms with E-state index < -0.39 is 28.1 Å². The SMILES string of the molecule is CC(NS(=O)(=O)N1CCCC(C(=O)O)C1)C(=O)NC1CC1. The minimum atomic E-state index is -3.85. The van der Waals surface area contributed by atoms with Crippen molar-refractivity contribution in [1.82, 2.24) is 14.3 Å². The summed E-state index contributed by atoms with van der Waals surface area (Å²) in [4.78, 5) is 22.8. The lowest BCUT2D eigenvalue weighted by molar-refractivity contribution is -0.142. The van der Waals surface area contributed by atoms with Crippen LogP contribution in [-0.4, -0.2) is 54.9 Å². The first-order valence-electron chi connectivity index (χ1n) is 7.10. The van der Waals surface area contributed by atoms with Crippen molar-refractivity contribution in [3.63, 3.8) is 0 Å². The van der Waals surface area contributed by atoms with E-state index in [-0.39, 0.29) is 25.0 Å². The maximum absolute atomic E-state index is 12.2. The van der Waals surface area contributed by atoms with E-state index in [0.717, 1.165) is 17.1 Å². The number of piperidine rings is 1. The lowest BCUT2D eigenvalue weighted by Gasteiger charge is -2.30. The van der Waals surface area contributed by atoms with E-state index in [1.165, 1.54) is 6.92 Å². The molecule has 0 bridgehead atoms. The van der Waals surface area contributed by atoms with Crippen molar-refractivity contribution in [2.24, 2.45) is 5.92 Å². The van der Waals surface area contributed by atoms with E-state index >= 15 is 0 Å². The number of nitrogens with one attached hydrogen (secondary N) is 2. The molecule has 1 heterocycles. The standard InChI is InChI=1S/C12H21N3O5S/c1-8(11(16)13-10-4-5-10)14-21(19,20)15-6-2-3-9(7-15)12(17)18/h8-10,14H,2-7H2,1H3,(H,13,16)(H,17,18). The Morgan fingerprint density at radius 1 is 1.29 bits per heavy atom. The van der Waals surface area contributed by atoms with Gasteiger partial charge < -0.3 is 10.4 Å².